The Hall–Kier alpha value is -0.910. The Morgan fingerprint density at radius 3 is 2.94 bits per heavy atom. The molecule has 2 aliphatic rings. The third kappa shape index (κ3) is 1.75. The Bertz CT molecular complexity index is 382. The minimum Gasteiger partial charge on any atom is -0.379 e. The standard InChI is InChI=1S/C11H18N4O/c1-14-11-7-12-6-9(11)10(13-14)8-15-2-4-16-5-3-15/h12H,2-8H2,1H3. The van der Waals surface area contributed by atoms with Crippen LogP contribution in [0.5, 0.6) is 0 Å². The highest BCUT2D eigenvalue weighted by Gasteiger charge is 2.22. The molecule has 0 aliphatic carbocycles. The van der Waals surface area contributed by atoms with E-state index >= 15 is 0 Å². The van der Waals surface area contributed by atoms with Gasteiger partial charge in [-0.3, -0.25) is 9.58 Å². The lowest BCUT2D eigenvalue weighted by molar-refractivity contribution is 0.0334. The van der Waals surface area contributed by atoms with E-state index in [4.69, 9.17) is 4.74 Å². The Morgan fingerprint density at radius 1 is 1.31 bits per heavy atom. The van der Waals surface area contributed by atoms with Gasteiger partial charge in [-0.1, -0.05) is 0 Å². The number of hydrogen-bond acceptors (Lipinski definition) is 4. The first kappa shape index (κ1) is 10.3. The number of nitrogens with one attached hydrogen (secondary N) is 1. The van der Waals surface area contributed by atoms with Crippen molar-refractivity contribution in [3.8, 4) is 0 Å². The molecule has 0 spiro atoms. The van der Waals surface area contributed by atoms with Gasteiger partial charge in [-0.05, 0) is 0 Å². The molecule has 0 bridgehead atoms. The Kier molecular flexibility index (Phi) is 2.67. The summed E-state index contributed by atoms with van der Waals surface area (Å²) in [5.74, 6) is 0. The van der Waals surface area contributed by atoms with Crippen LogP contribution in [0.2, 0.25) is 0 Å². The lowest BCUT2D eigenvalue weighted by Crippen LogP contribution is -2.36. The van der Waals surface area contributed by atoms with Crippen molar-refractivity contribution in [1.29, 1.82) is 0 Å². The van der Waals surface area contributed by atoms with Crippen LogP contribution in [0.1, 0.15) is 17.0 Å². The van der Waals surface area contributed by atoms with Gasteiger partial charge in [0.05, 0.1) is 24.6 Å². The summed E-state index contributed by atoms with van der Waals surface area (Å²) < 4.78 is 7.37. The molecule has 88 valence electrons. The zero-order valence-corrected chi connectivity index (χ0v) is 9.70. The van der Waals surface area contributed by atoms with Gasteiger partial charge < -0.3 is 10.1 Å². The molecule has 3 heterocycles. The molecule has 0 unspecified atom stereocenters. The monoisotopic (exact) mass is 222 g/mol. The van der Waals surface area contributed by atoms with Crippen molar-refractivity contribution in [2.24, 2.45) is 7.05 Å². The highest BCUT2D eigenvalue weighted by molar-refractivity contribution is 5.29. The molecular formula is C11H18N4O. The molecule has 0 amide bonds. The number of fused-ring (bicyclic) bond motifs is 1. The van der Waals surface area contributed by atoms with Gasteiger partial charge in [-0.25, -0.2) is 0 Å². The summed E-state index contributed by atoms with van der Waals surface area (Å²) in [6.07, 6.45) is 0. The van der Waals surface area contributed by atoms with E-state index in [1.807, 2.05) is 11.7 Å². The first-order chi connectivity index (χ1) is 7.84. The zero-order valence-electron chi connectivity index (χ0n) is 9.70. The summed E-state index contributed by atoms with van der Waals surface area (Å²) >= 11 is 0. The van der Waals surface area contributed by atoms with E-state index in [0.29, 0.717) is 0 Å². The molecule has 1 aromatic rings. The summed E-state index contributed by atoms with van der Waals surface area (Å²) in [5, 5.41) is 8.00. The topological polar surface area (TPSA) is 42.3 Å². The maximum atomic E-state index is 5.36. The fourth-order valence-corrected chi connectivity index (χ4v) is 2.49. The lowest BCUT2D eigenvalue weighted by Gasteiger charge is -2.25. The number of nitrogens with zero attached hydrogens (tertiary/aromatic N) is 3. The fraction of sp³-hybridized carbons (Fsp3) is 0.727. The molecule has 0 radical (unpaired) electrons. The van der Waals surface area contributed by atoms with Gasteiger partial charge in [0.25, 0.3) is 0 Å². The molecule has 1 saturated heterocycles. The molecule has 3 rings (SSSR count). The van der Waals surface area contributed by atoms with Crippen molar-refractivity contribution in [3.63, 3.8) is 0 Å². The van der Waals surface area contributed by atoms with Crippen molar-refractivity contribution in [3.05, 3.63) is 17.0 Å². The molecule has 5 nitrogen and oxygen atoms in total. The summed E-state index contributed by atoms with van der Waals surface area (Å²) in [4.78, 5) is 2.42. The van der Waals surface area contributed by atoms with E-state index in [-0.39, 0.29) is 0 Å². The van der Waals surface area contributed by atoms with Crippen LogP contribution in [0.3, 0.4) is 0 Å². The molecule has 0 saturated carbocycles. The van der Waals surface area contributed by atoms with Gasteiger partial charge >= 0.3 is 0 Å². The molecule has 1 N–H and O–H groups in total. The van der Waals surface area contributed by atoms with Gasteiger partial charge in [-0.15, -0.1) is 0 Å². The average Bonchev–Trinajstić information content (AvgIpc) is 2.87. The van der Waals surface area contributed by atoms with Gasteiger partial charge in [0.1, 0.15) is 0 Å². The molecule has 16 heavy (non-hydrogen) atoms. The molecule has 2 aliphatic heterocycles. The molecule has 0 aromatic carbocycles. The van der Waals surface area contributed by atoms with E-state index in [1.165, 1.54) is 17.0 Å². The second kappa shape index (κ2) is 4.16. The summed E-state index contributed by atoms with van der Waals surface area (Å²) in [6, 6.07) is 0. The van der Waals surface area contributed by atoms with Gasteiger partial charge in [-0.2, -0.15) is 5.10 Å². The predicted molar refractivity (Wildman–Crippen MR) is 59.8 cm³/mol. The predicted octanol–water partition coefficient (Wildman–Crippen LogP) is -0.144. The van der Waals surface area contributed by atoms with Crippen molar-refractivity contribution >= 4 is 0 Å². The summed E-state index contributed by atoms with van der Waals surface area (Å²) in [5.41, 5.74) is 4.00. The van der Waals surface area contributed by atoms with E-state index < -0.39 is 0 Å². The zero-order chi connectivity index (χ0) is 11.0. The molecule has 1 fully saturated rings. The van der Waals surface area contributed by atoms with E-state index in [1.54, 1.807) is 0 Å². The Balaban J connectivity index is 1.76. The Labute approximate surface area is 95.4 Å². The third-order valence-electron chi connectivity index (χ3n) is 3.43. The van der Waals surface area contributed by atoms with Crippen LogP contribution >= 0.6 is 0 Å². The van der Waals surface area contributed by atoms with Gasteiger partial charge in [0.15, 0.2) is 0 Å². The van der Waals surface area contributed by atoms with E-state index in [9.17, 15) is 0 Å². The number of ether oxygens (including phenoxy) is 1. The van der Waals surface area contributed by atoms with Crippen LogP contribution in [0.15, 0.2) is 0 Å². The van der Waals surface area contributed by atoms with E-state index in [2.05, 4.69) is 15.3 Å². The van der Waals surface area contributed by atoms with Crippen molar-refractivity contribution in [2.45, 2.75) is 19.6 Å². The largest absolute Gasteiger partial charge is 0.379 e. The SMILES string of the molecule is Cn1nc(CN2CCOCC2)c2c1CNC2. The molecule has 0 atom stereocenters. The second-order valence-electron chi connectivity index (χ2n) is 4.49. The van der Waals surface area contributed by atoms with Crippen LogP contribution in [-0.4, -0.2) is 41.0 Å². The number of hydrogen-bond donors (Lipinski definition) is 1. The first-order valence-corrected chi connectivity index (χ1v) is 5.89. The minimum atomic E-state index is 0.854. The third-order valence-corrected chi connectivity index (χ3v) is 3.43. The quantitative estimate of drug-likeness (QED) is 0.756. The first-order valence-electron chi connectivity index (χ1n) is 5.89. The highest BCUT2D eigenvalue weighted by atomic mass is 16.5. The lowest BCUT2D eigenvalue weighted by atomic mass is 10.2. The summed E-state index contributed by atoms with van der Waals surface area (Å²) in [6.45, 7) is 6.66. The molecular weight excluding hydrogens is 204 g/mol. The Morgan fingerprint density at radius 2 is 2.12 bits per heavy atom. The van der Waals surface area contributed by atoms with Crippen LogP contribution in [0.4, 0.5) is 0 Å². The smallest absolute Gasteiger partial charge is 0.0813 e. The molecule has 1 aromatic heterocycles. The van der Waals surface area contributed by atoms with Crippen molar-refractivity contribution < 1.29 is 4.74 Å². The maximum absolute atomic E-state index is 5.36. The van der Waals surface area contributed by atoms with Crippen LogP contribution in [0.25, 0.3) is 0 Å². The summed E-state index contributed by atoms with van der Waals surface area (Å²) in [7, 11) is 2.04. The number of morpholine rings is 1. The molecule has 5 heteroatoms. The number of rotatable bonds is 2. The van der Waals surface area contributed by atoms with Crippen molar-refractivity contribution in [1.82, 2.24) is 20.0 Å². The second-order valence-corrected chi connectivity index (χ2v) is 4.49. The fourth-order valence-electron chi connectivity index (χ4n) is 2.49. The van der Waals surface area contributed by atoms with E-state index in [0.717, 1.165) is 45.9 Å². The maximum Gasteiger partial charge on any atom is 0.0813 e. The van der Waals surface area contributed by atoms with Crippen LogP contribution < -0.4 is 5.32 Å². The minimum absolute atomic E-state index is 0.854. The van der Waals surface area contributed by atoms with Gasteiger partial charge in [0, 0.05) is 45.3 Å². The van der Waals surface area contributed by atoms with Crippen molar-refractivity contribution in [2.75, 3.05) is 26.3 Å². The normalized spacial score (nSPS) is 21.3. The van der Waals surface area contributed by atoms with Crippen LogP contribution in [0, 0.1) is 0 Å². The number of aromatic nitrogens is 2. The van der Waals surface area contributed by atoms with Gasteiger partial charge in [0.2, 0.25) is 0 Å². The van der Waals surface area contributed by atoms with Crippen LogP contribution in [-0.2, 0) is 31.4 Å². The average molecular weight is 222 g/mol. The number of aryl methyl sites for hydroxylation is 1. The highest BCUT2D eigenvalue weighted by Crippen LogP contribution is 2.20.